The number of hydrogen-bond acceptors (Lipinski definition) is 2. The van der Waals surface area contributed by atoms with E-state index in [0.29, 0.717) is 6.10 Å². The zero-order chi connectivity index (χ0) is 8.60. The fraction of sp³-hybridized carbons (Fsp3) is 0.800. The second-order valence-electron chi connectivity index (χ2n) is 3.72. The summed E-state index contributed by atoms with van der Waals surface area (Å²) in [6.07, 6.45) is 5.76. The first-order valence-electron chi connectivity index (χ1n) is 4.76. The van der Waals surface area contributed by atoms with Gasteiger partial charge in [-0.15, -0.1) is 0 Å². The highest BCUT2D eigenvalue weighted by Gasteiger charge is 2.40. The molecule has 0 aromatic heterocycles. The second kappa shape index (κ2) is 2.86. The van der Waals surface area contributed by atoms with E-state index in [0.717, 1.165) is 25.9 Å². The van der Waals surface area contributed by atoms with Gasteiger partial charge >= 0.3 is 0 Å². The van der Waals surface area contributed by atoms with Gasteiger partial charge in [-0.2, -0.15) is 0 Å². The Labute approximate surface area is 73.5 Å². The van der Waals surface area contributed by atoms with Crippen LogP contribution in [0.15, 0.2) is 11.6 Å². The quantitative estimate of drug-likeness (QED) is 0.559. The van der Waals surface area contributed by atoms with Crippen molar-refractivity contribution in [3.8, 4) is 0 Å². The van der Waals surface area contributed by atoms with Crippen molar-refractivity contribution in [3.63, 3.8) is 0 Å². The van der Waals surface area contributed by atoms with E-state index in [4.69, 9.17) is 9.47 Å². The third kappa shape index (κ3) is 1.29. The van der Waals surface area contributed by atoms with Crippen molar-refractivity contribution in [2.45, 2.75) is 45.0 Å². The molecular formula is C10H16O2. The summed E-state index contributed by atoms with van der Waals surface area (Å²) in [5.41, 5.74) is 1.38. The molecule has 2 aliphatic heterocycles. The van der Waals surface area contributed by atoms with Crippen LogP contribution in [0.25, 0.3) is 0 Å². The molecule has 2 nitrogen and oxygen atoms in total. The van der Waals surface area contributed by atoms with Crippen LogP contribution in [0.3, 0.4) is 0 Å². The van der Waals surface area contributed by atoms with Crippen molar-refractivity contribution in [1.29, 1.82) is 0 Å². The Hall–Kier alpha value is -0.340. The van der Waals surface area contributed by atoms with E-state index in [-0.39, 0.29) is 5.79 Å². The number of ether oxygens (including phenoxy) is 2. The molecule has 12 heavy (non-hydrogen) atoms. The lowest BCUT2D eigenvalue weighted by Crippen LogP contribution is -2.26. The third-order valence-corrected chi connectivity index (χ3v) is 2.68. The molecule has 0 N–H and O–H groups in total. The van der Waals surface area contributed by atoms with Gasteiger partial charge in [0.25, 0.3) is 0 Å². The van der Waals surface area contributed by atoms with Gasteiger partial charge in [0.05, 0.1) is 12.7 Å². The maximum absolute atomic E-state index is 5.74. The van der Waals surface area contributed by atoms with Crippen LogP contribution < -0.4 is 0 Å². The van der Waals surface area contributed by atoms with Gasteiger partial charge in [0.2, 0.25) is 0 Å². The minimum absolute atomic E-state index is 0.329. The van der Waals surface area contributed by atoms with Gasteiger partial charge in [0.1, 0.15) is 0 Å². The van der Waals surface area contributed by atoms with Crippen LogP contribution in [0.2, 0.25) is 0 Å². The first kappa shape index (κ1) is 8.27. The Kier molecular flexibility index (Phi) is 1.97. The van der Waals surface area contributed by atoms with Crippen LogP contribution in [0, 0.1) is 0 Å². The van der Waals surface area contributed by atoms with Crippen LogP contribution in [0.4, 0.5) is 0 Å². The normalized spacial score (nSPS) is 40.8. The van der Waals surface area contributed by atoms with Crippen LogP contribution >= 0.6 is 0 Å². The lowest BCUT2D eigenvalue weighted by molar-refractivity contribution is -0.174. The summed E-state index contributed by atoms with van der Waals surface area (Å²) in [5.74, 6) is -0.329. The summed E-state index contributed by atoms with van der Waals surface area (Å²) < 4.78 is 11.4. The van der Waals surface area contributed by atoms with Gasteiger partial charge in [-0.3, -0.25) is 0 Å². The smallest absolute Gasteiger partial charge is 0.188 e. The zero-order valence-corrected chi connectivity index (χ0v) is 7.80. The predicted molar refractivity (Wildman–Crippen MR) is 46.8 cm³/mol. The molecule has 0 aromatic carbocycles. The molecule has 0 saturated carbocycles. The summed E-state index contributed by atoms with van der Waals surface area (Å²) in [7, 11) is 0. The maximum Gasteiger partial charge on any atom is 0.188 e. The van der Waals surface area contributed by atoms with Crippen LogP contribution in [0.1, 0.15) is 33.1 Å². The molecule has 2 rings (SSSR count). The Balaban J connectivity index is 2.10. The van der Waals surface area contributed by atoms with Crippen LogP contribution in [-0.4, -0.2) is 18.5 Å². The largest absolute Gasteiger partial charge is 0.343 e. The van der Waals surface area contributed by atoms with Gasteiger partial charge in [0.15, 0.2) is 5.79 Å². The molecule has 0 amide bonds. The Bertz CT molecular complexity index is 210. The number of rotatable bonds is 1. The van der Waals surface area contributed by atoms with Gasteiger partial charge in [-0.05, 0) is 31.4 Å². The minimum atomic E-state index is -0.329. The highest BCUT2D eigenvalue weighted by Crippen LogP contribution is 2.37. The first-order valence-corrected chi connectivity index (χ1v) is 4.76. The van der Waals surface area contributed by atoms with E-state index < -0.39 is 0 Å². The molecule has 2 atom stereocenters. The molecule has 1 saturated heterocycles. The average Bonchev–Trinajstić information content (AvgIpc) is 2.61. The Morgan fingerprint density at radius 3 is 3.00 bits per heavy atom. The van der Waals surface area contributed by atoms with Crippen LogP contribution in [0.5, 0.6) is 0 Å². The van der Waals surface area contributed by atoms with Gasteiger partial charge in [0, 0.05) is 6.42 Å². The zero-order valence-electron chi connectivity index (χ0n) is 7.80. The Morgan fingerprint density at radius 2 is 2.50 bits per heavy atom. The predicted octanol–water partition coefficient (Wildman–Crippen LogP) is 2.25. The molecule has 68 valence electrons. The van der Waals surface area contributed by atoms with Gasteiger partial charge in [-0.25, -0.2) is 0 Å². The molecule has 2 heterocycles. The average molecular weight is 168 g/mol. The molecule has 0 aliphatic carbocycles. The van der Waals surface area contributed by atoms with Crippen molar-refractivity contribution < 1.29 is 9.47 Å². The van der Waals surface area contributed by atoms with E-state index >= 15 is 0 Å². The molecule has 1 fully saturated rings. The topological polar surface area (TPSA) is 18.5 Å². The van der Waals surface area contributed by atoms with Crippen LogP contribution in [-0.2, 0) is 9.47 Å². The lowest BCUT2D eigenvalue weighted by Gasteiger charge is -2.20. The summed E-state index contributed by atoms with van der Waals surface area (Å²) >= 11 is 0. The molecule has 0 radical (unpaired) electrons. The van der Waals surface area contributed by atoms with Gasteiger partial charge in [-0.1, -0.05) is 6.92 Å². The molecule has 2 heteroatoms. The fourth-order valence-corrected chi connectivity index (χ4v) is 1.89. The van der Waals surface area contributed by atoms with E-state index in [9.17, 15) is 0 Å². The van der Waals surface area contributed by atoms with Crippen molar-refractivity contribution in [3.05, 3.63) is 11.6 Å². The van der Waals surface area contributed by atoms with Crippen molar-refractivity contribution in [1.82, 2.24) is 0 Å². The van der Waals surface area contributed by atoms with Gasteiger partial charge < -0.3 is 9.47 Å². The molecule has 2 aliphatic rings. The summed E-state index contributed by atoms with van der Waals surface area (Å²) in [6.45, 7) is 5.03. The summed E-state index contributed by atoms with van der Waals surface area (Å²) in [4.78, 5) is 0. The SMILES string of the molecule is CCC1=CC2(CCC(C)O2)OC1. The molecule has 0 aromatic rings. The fourth-order valence-electron chi connectivity index (χ4n) is 1.89. The first-order chi connectivity index (χ1) is 5.74. The standard InChI is InChI=1S/C10H16O2/c1-3-9-6-10(11-7-9)5-4-8(2)12-10/h6,8H,3-5,7H2,1-2H3. The second-order valence-corrected chi connectivity index (χ2v) is 3.72. The minimum Gasteiger partial charge on any atom is -0.343 e. The number of hydrogen-bond donors (Lipinski definition) is 0. The van der Waals surface area contributed by atoms with Crippen molar-refractivity contribution in [2.24, 2.45) is 0 Å². The van der Waals surface area contributed by atoms with E-state index in [2.05, 4.69) is 19.9 Å². The molecule has 2 unspecified atom stereocenters. The van der Waals surface area contributed by atoms with Crippen molar-refractivity contribution >= 4 is 0 Å². The van der Waals surface area contributed by atoms with E-state index in [1.54, 1.807) is 0 Å². The lowest BCUT2D eigenvalue weighted by atomic mass is 10.1. The monoisotopic (exact) mass is 168 g/mol. The third-order valence-electron chi connectivity index (χ3n) is 2.68. The molecular weight excluding hydrogens is 152 g/mol. The highest BCUT2D eigenvalue weighted by atomic mass is 16.7. The Morgan fingerprint density at radius 1 is 1.67 bits per heavy atom. The van der Waals surface area contributed by atoms with E-state index in [1.165, 1.54) is 5.57 Å². The highest BCUT2D eigenvalue weighted by molar-refractivity contribution is 5.15. The van der Waals surface area contributed by atoms with Crippen molar-refractivity contribution in [2.75, 3.05) is 6.61 Å². The van der Waals surface area contributed by atoms with E-state index in [1.807, 2.05) is 0 Å². The molecule has 0 bridgehead atoms. The molecule has 1 spiro atoms. The maximum atomic E-state index is 5.74. The summed E-state index contributed by atoms with van der Waals surface area (Å²) in [5, 5.41) is 0. The summed E-state index contributed by atoms with van der Waals surface area (Å²) in [6, 6.07) is 0.